The Morgan fingerprint density at radius 2 is 1.96 bits per heavy atom. The number of rotatable bonds is 7. The molecule has 0 aliphatic carbocycles. The van der Waals surface area contributed by atoms with Crippen molar-refractivity contribution in [1.82, 2.24) is 10.4 Å². The second kappa shape index (κ2) is 8.68. The van der Waals surface area contributed by atoms with Crippen molar-refractivity contribution >= 4 is 12.1 Å². The highest BCUT2D eigenvalue weighted by Gasteiger charge is 2.04. The molecule has 0 fully saturated rings. The fourth-order valence-electron chi connectivity index (χ4n) is 1.94. The molecule has 0 unspecified atom stereocenters. The van der Waals surface area contributed by atoms with E-state index in [1.807, 2.05) is 24.3 Å². The molecule has 0 spiro atoms. The Labute approximate surface area is 136 Å². The van der Waals surface area contributed by atoms with Crippen molar-refractivity contribution in [1.29, 1.82) is 0 Å². The molecule has 5 nitrogen and oxygen atoms in total. The summed E-state index contributed by atoms with van der Waals surface area (Å²) >= 11 is 0. The Bertz CT molecular complexity index is 639. The topological polar surface area (TPSA) is 63.6 Å². The Morgan fingerprint density at radius 3 is 2.61 bits per heavy atom. The van der Waals surface area contributed by atoms with E-state index in [0.717, 1.165) is 12.0 Å². The van der Waals surface area contributed by atoms with Crippen LogP contribution in [0.15, 0.2) is 53.9 Å². The lowest BCUT2D eigenvalue weighted by molar-refractivity contribution is -0.123. The Balaban J connectivity index is 1.77. The van der Waals surface area contributed by atoms with Gasteiger partial charge in [0.1, 0.15) is 5.75 Å². The highest BCUT2D eigenvalue weighted by atomic mass is 16.5. The van der Waals surface area contributed by atoms with Crippen molar-refractivity contribution in [3.05, 3.63) is 59.9 Å². The number of hydrazone groups is 1. The molecular formula is C18H21N3O2. The summed E-state index contributed by atoms with van der Waals surface area (Å²) in [6.45, 7) is 4.27. The van der Waals surface area contributed by atoms with Gasteiger partial charge in [-0.2, -0.15) is 5.10 Å². The quantitative estimate of drug-likeness (QED) is 0.631. The van der Waals surface area contributed by atoms with E-state index in [0.29, 0.717) is 11.7 Å². The van der Waals surface area contributed by atoms with E-state index in [-0.39, 0.29) is 12.5 Å². The first-order chi connectivity index (χ1) is 11.2. The molecular weight excluding hydrogens is 290 g/mol. The van der Waals surface area contributed by atoms with Gasteiger partial charge in [-0.1, -0.05) is 26.0 Å². The summed E-state index contributed by atoms with van der Waals surface area (Å²) in [6.07, 6.45) is 5.98. The summed E-state index contributed by atoms with van der Waals surface area (Å²) in [6, 6.07) is 11.4. The van der Waals surface area contributed by atoms with Gasteiger partial charge in [-0.15, -0.1) is 0 Å². The number of carbonyl (C=O) groups is 1. The van der Waals surface area contributed by atoms with Gasteiger partial charge in [0.2, 0.25) is 0 Å². The third-order valence-electron chi connectivity index (χ3n) is 3.54. The molecule has 1 heterocycles. The third-order valence-corrected chi connectivity index (χ3v) is 3.54. The molecule has 1 atom stereocenters. The van der Waals surface area contributed by atoms with Gasteiger partial charge in [-0.25, -0.2) is 5.43 Å². The molecule has 23 heavy (non-hydrogen) atoms. The normalized spacial score (nSPS) is 12.1. The van der Waals surface area contributed by atoms with Gasteiger partial charge in [0.05, 0.1) is 6.21 Å². The van der Waals surface area contributed by atoms with Crippen LogP contribution in [0.2, 0.25) is 0 Å². The molecule has 0 bridgehead atoms. The van der Waals surface area contributed by atoms with Crippen LogP contribution >= 0.6 is 0 Å². The molecule has 1 N–H and O–H groups in total. The maximum atomic E-state index is 11.7. The number of nitrogens with one attached hydrogen (secondary N) is 1. The molecule has 1 aromatic heterocycles. The van der Waals surface area contributed by atoms with Crippen LogP contribution in [-0.2, 0) is 4.79 Å². The number of ether oxygens (including phenoxy) is 1. The average molecular weight is 311 g/mol. The summed E-state index contributed by atoms with van der Waals surface area (Å²) < 4.78 is 5.44. The number of carbonyl (C=O) groups excluding carboxylic acids is 1. The van der Waals surface area contributed by atoms with E-state index < -0.39 is 0 Å². The number of pyridine rings is 1. The summed E-state index contributed by atoms with van der Waals surface area (Å²) in [7, 11) is 0. The summed E-state index contributed by atoms with van der Waals surface area (Å²) in [4.78, 5) is 15.6. The first-order valence-electron chi connectivity index (χ1n) is 7.63. The van der Waals surface area contributed by atoms with Crippen LogP contribution in [0.25, 0.3) is 0 Å². The zero-order chi connectivity index (χ0) is 16.5. The maximum Gasteiger partial charge on any atom is 0.277 e. The van der Waals surface area contributed by atoms with Crippen LogP contribution in [0, 0.1) is 0 Å². The van der Waals surface area contributed by atoms with E-state index in [1.54, 1.807) is 30.7 Å². The second-order valence-corrected chi connectivity index (χ2v) is 5.24. The van der Waals surface area contributed by atoms with E-state index in [1.165, 1.54) is 5.56 Å². The van der Waals surface area contributed by atoms with Crippen molar-refractivity contribution in [3.8, 4) is 5.75 Å². The van der Waals surface area contributed by atoms with Gasteiger partial charge in [0.15, 0.2) is 6.61 Å². The third kappa shape index (κ3) is 5.54. The maximum absolute atomic E-state index is 11.7. The molecule has 1 amide bonds. The van der Waals surface area contributed by atoms with E-state index in [4.69, 9.17) is 4.74 Å². The van der Waals surface area contributed by atoms with Crippen LogP contribution in [0.5, 0.6) is 5.75 Å². The van der Waals surface area contributed by atoms with Gasteiger partial charge in [0.25, 0.3) is 5.91 Å². The van der Waals surface area contributed by atoms with Crippen LogP contribution < -0.4 is 10.2 Å². The monoisotopic (exact) mass is 311 g/mol. The lowest BCUT2D eigenvalue weighted by atomic mass is 9.99. The number of nitrogens with zero attached hydrogens (tertiary/aromatic N) is 2. The first kappa shape index (κ1) is 16.7. The molecule has 120 valence electrons. The molecule has 0 aliphatic rings. The predicted octanol–water partition coefficient (Wildman–Crippen LogP) is 3.12. The number of benzene rings is 1. The fourth-order valence-corrected chi connectivity index (χ4v) is 1.94. The zero-order valence-electron chi connectivity index (χ0n) is 13.4. The molecule has 0 radical (unpaired) electrons. The number of hydrogen-bond acceptors (Lipinski definition) is 4. The number of aromatic nitrogens is 1. The second-order valence-electron chi connectivity index (χ2n) is 5.24. The molecule has 1 aromatic carbocycles. The highest BCUT2D eigenvalue weighted by molar-refractivity contribution is 5.82. The van der Waals surface area contributed by atoms with Gasteiger partial charge in [-0.05, 0) is 47.7 Å². The van der Waals surface area contributed by atoms with Gasteiger partial charge in [-0.3, -0.25) is 9.78 Å². The summed E-state index contributed by atoms with van der Waals surface area (Å²) in [5, 5.41) is 3.87. The average Bonchev–Trinajstić information content (AvgIpc) is 2.60. The van der Waals surface area contributed by atoms with Crippen molar-refractivity contribution in [2.24, 2.45) is 5.10 Å². The SMILES string of the molecule is CC[C@@H](C)c1ccc(OCC(=O)N/N=C\c2ccncc2)cc1. The van der Waals surface area contributed by atoms with Crippen LogP contribution in [0.4, 0.5) is 0 Å². The van der Waals surface area contributed by atoms with E-state index in [2.05, 4.69) is 29.4 Å². The Kier molecular flexibility index (Phi) is 6.29. The van der Waals surface area contributed by atoms with Crippen LogP contribution in [0.1, 0.15) is 37.3 Å². The smallest absolute Gasteiger partial charge is 0.277 e. The summed E-state index contributed by atoms with van der Waals surface area (Å²) in [5.41, 5.74) is 4.56. The predicted molar refractivity (Wildman–Crippen MR) is 90.6 cm³/mol. The standard InChI is InChI=1S/C18H21N3O2/c1-3-14(2)16-4-6-17(7-5-16)23-13-18(22)21-20-12-15-8-10-19-11-9-15/h4-12,14H,3,13H2,1-2H3,(H,21,22)/b20-12-/t14-/m1/s1. The van der Waals surface area contributed by atoms with Gasteiger partial charge >= 0.3 is 0 Å². The van der Waals surface area contributed by atoms with Gasteiger partial charge < -0.3 is 4.74 Å². The van der Waals surface area contributed by atoms with E-state index in [9.17, 15) is 4.79 Å². The molecule has 0 saturated carbocycles. The molecule has 2 aromatic rings. The molecule has 0 saturated heterocycles. The van der Waals surface area contributed by atoms with Crippen LogP contribution in [-0.4, -0.2) is 23.7 Å². The van der Waals surface area contributed by atoms with E-state index >= 15 is 0 Å². The highest BCUT2D eigenvalue weighted by Crippen LogP contribution is 2.21. The Morgan fingerprint density at radius 1 is 1.26 bits per heavy atom. The molecule has 0 aliphatic heterocycles. The first-order valence-corrected chi connectivity index (χ1v) is 7.63. The minimum atomic E-state index is -0.304. The van der Waals surface area contributed by atoms with Gasteiger partial charge in [0, 0.05) is 12.4 Å². The van der Waals surface area contributed by atoms with Crippen molar-refractivity contribution in [2.75, 3.05) is 6.61 Å². The zero-order valence-corrected chi connectivity index (χ0v) is 13.4. The fraction of sp³-hybridized carbons (Fsp3) is 0.278. The lowest BCUT2D eigenvalue weighted by Crippen LogP contribution is -2.24. The summed E-state index contributed by atoms with van der Waals surface area (Å²) in [5.74, 6) is 0.890. The minimum absolute atomic E-state index is 0.0731. The lowest BCUT2D eigenvalue weighted by Gasteiger charge is -2.10. The van der Waals surface area contributed by atoms with Crippen LogP contribution in [0.3, 0.4) is 0 Å². The molecule has 2 rings (SSSR count). The minimum Gasteiger partial charge on any atom is -0.484 e. The van der Waals surface area contributed by atoms with Crippen molar-refractivity contribution < 1.29 is 9.53 Å². The number of amides is 1. The van der Waals surface area contributed by atoms with Crippen molar-refractivity contribution in [3.63, 3.8) is 0 Å². The molecule has 5 heteroatoms. The Hall–Kier alpha value is -2.69. The number of hydrogen-bond donors (Lipinski definition) is 1. The van der Waals surface area contributed by atoms with Crippen molar-refractivity contribution in [2.45, 2.75) is 26.2 Å². The largest absolute Gasteiger partial charge is 0.484 e.